The maximum absolute atomic E-state index is 12.6. The van der Waals surface area contributed by atoms with Crippen molar-refractivity contribution in [3.8, 4) is 0 Å². The van der Waals surface area contributed by atoms with Gasteiger partial charge in [0.25, 0.3) is 0 Å². The Hall–Kier alpha value is -1.07. The highest BCUT2D eigenvalue weighted by Gasteiger charge is 2.33. The molecular formula is C13H18F3NO. The van der Waals surface area contributed by atoms with Crippen molar-refractivity contribution in [1.82, 2.24) is 5.32 Å². The Bertz CT molecular complexity index is 403. The van der Waals surface area contributed by atoms with E-state index in [4.69, 9.17) is 0 Å². The van der Waals surface area contributed by atoms with Gasteiger partial charge in [-0.3, -0.25) is 0 Å². The van der Waals surface area contributed by atoms with Crippen LogP contribution in [0.2, 0.25) is 0 Å². The third kappa shape index (κ3) is 3.46. The van der Waals surface area contributed by atoms with Gasteiger partial charge in [0, 0.05) is 6.04 Å². The fourth-order valence-corrected chi connectivity index (χ4v) is 1.90. The molecule has 0 heterocycles. The van der Waals surface area contributed by atoms with Crippen LogP contribution in [0.1, 0.15) is 31.9 Å². The number of nitrogens with one attached hydrogen (secondary N) is 1. The number of benzene rings is 1. The van der Waals surface area contributed by atoms with Gasteiger partial charge in [0.05, 0.1) is 17.7 Å². The van der Waals surface area contributed by atoms with Gasteiger partial charge in [0.15, 0.2) is 0 Å². The Morgan fingerprint density at radius 1 is 1.22 bits per heavy atom. The van der Waals surface area contributed by atoms with Crippen LogP contribution in [0.5, 0.6) is 0 Å². The van der Waals surface area contributed by atoms with E-state index in [-0.39, 0.29) is 12.6 Å². The van der Waals surface area contributed by atoms with Crippen LogP contribution in [0, 0.1) is 0 Å². The fourth-order valence-electron chi connectivity index (χ4n) is 1.90. The van der Waals surface area contributed by atoms with E-state index in [2.05, 4.69) is 5.32 Å². The lowest BCUT2D eigenvalue weighted by molar-refractivity contribution is -0.137. The zero-order chi connectivity index (χ0) is 14.0. The van der Waals surface area contributed by atoms with Crippen LogP contribution in [0.3, 0.4) is 0 Å². The first-order chi connectivity index (χ1) is 8.19. The highest BCUT2D eigenvalue weighted by molar-refractivity contribution is 5.31. The Balaban J connectivity index is 3.15. The highest BCUT2D eigenvalue weighted by atomic mass is 19.4. The van der Waals surface area contributed by atoms with Gasteiger partial charge >= 0.3 is 6.18 Å². The number of alkyl halides is 3. The molecule has 0 aromatic heterocycles. The zero-order valence-electron chi connectivity index (χ0n) is 10.7. The zero-order valence-corrected chi connectivity index (χ0v) is 10.7. The van der Waals surface area contributed by atoms with Crippen molar-refractivity contribution >= 4 is 0 Å². The first kappa shape index (κ1) is 15.0. The van der Waals surface area contributed by atoms with Gasteiger partial charge in [-0.25, -0.2) is 0 Å². The smallest absolute Gasteiger partial charge is 0.394 e. The summed E-state index contributed by atoms with van der Waals surface area (Å²) < 4.78 is 37.9. The van der Waals surface area contributed by atoms with Gasteiger partial charge in [-0.15, -0.1) is 0 Å². The van der Waals surface area contributed by atoms with E-state index < -0.39 is 17.3 Å². The third-order valence-electron chi connectivity index (χ3n) is 2.75. The van der Waals surface area contributed by atoms with Crippen LogP contribution < -0.4 is 5.32 Å². The average Bonchev–Trinajstić information content (AvgIpc) is 2.27. The van der Waals surface area contributed by atoms with Crippen LogP contribution >= 0.6 is 0 Å². The summed E-state index contributed by atoms with van der Waals surface area (Å²) in [6.07, 6.45) is -4.37. The lowest BCUT2D eigenvalue weighted by atomic mass is 9.90. The molecule has 0 spiro atoms. The van der Waals surface area contributed by atoms with Crippen LogP contribution in [0.15, 0.2) is 24.3 Å². The Morgan fingerprint density at radius 3 is 2.22 bits per heavy atom. The summed E-state index contributed by atoms with van der Waals surface area (Å²) in [5.41, 5.74) is -1.16. The monoisotopic (exact) mass is 261 g/mol. The second-order valence-electron chi connectivity index (χ2n) is 4.87. The van der Waals surface area contributed by atoms with Crippen molar-refractivity contribution in [3.05, 3.63) is 35.4 Å². The minimum atomic E-state index is -4.37. The second kappa shape index (κ2) is 5.28. The molecule has 2 nitrogen and oxygen atoms in total. The SMILES string of the molecule is CC(C)NC(C)(CO)c1cccc(C(F)(F)F)c1. The molecule has 0 aliphatic rings. The maximum Gasteiger partial charge on any atom is 0.416 e. The van der Waals surface area contributed by atoms with Crippen molar-refractivity contribution in [3.63, 3.8) is 0 Å². The number of aliphatic hydroxyl groups excluding tert-OH is 1. The molecule has 0 saturated heterocycles. The fraction of sp³-hybridized carbons (Fsp3) is 0.538. The molecule has 102 valence electrons. The lowest BCUT2D eigenvalue weighted by Crippen LogP contribution is -2.46. The summed E-state index contributed by atoms with van der Waals surface area (Å²) in [6.45, 7) is 5.16. The third-order valence-corrected chi connectivity index (χ3v) is 2.75. The summed E-state index contributed by atoms with van der Waals surface area (Å²) >= 11 is 0. The number of hydrogen-bond acceptors (Lipinski definition) is 2. The summed E-state index contributed by atoms with van der Waals surface area (Å²) in [5.74, 6) is 0. The quantitative estimate of drug-likeness (QED) is 0.873. The molecular weight excluding hydrogens is 243 g/mol. The van der Waals surface area contributed by atoms with Crippen LogP contribution in [0.4, 0.5) is 13.2 Å². The molecule has 1 atom stereocenters. The summed E-state index contributed by atoms with van der Waals surface area (Å²) in [7, 11) is 0. The molecule has 18 heavy (non-hydrogen) atoms. The normalized spacial score (nSPS) is 15.8. The van der Waals surface area contributed by atoms with E-state index in [1.807, 2.05) is 13.8 Å². The van der Waals surface area contributed by atoms with E-state index >= 15 is 0 Å². The van der Waals surface area contributed by atoms with Crippen LogP contribution in [-0.4, -0.2) is 17.8 Å². The molecule has 0 amide bonds. The summed E-state index contributed by atoms with van der Waals surface area (Å²) in [5, 5.41) is 12.5. The molecule has 0 aliphatic carbocycles. The Kier molecular flexibility index (Phi) is 4.40. The number of aliphatic hydroxyl groups is 1. The van der Waals surface area contributed by atoms with Gasteiger partial charge in [0.1, 0.15) is 0 Å². The van der Waals surface area contributed by atoms with Gasteiger partial charge in [-0.05, 0) is 38.5 Å². The van der Waals surface area contributed by atoms with E-state index in [9.17, 15) is 18.3 Å². The van der Waals surface area contributed by atoms with Gasteiger partial charge in [-0.2, -0.15) is 13.2 Å². The molecule has 0 saturated carbocycles. The first-order valence-corrected chi connectivity index (χ1v) is 5.75. The average molecular weight is 261 g/mol. The predicted octanol–water partition coefficient (Wildman–Crippen LogP) is 2.91. The maximum atomic E-state index is 12.6. The second-order valence-corrected chi connectivity index (χ2v) is 4.87. The summed E-state index contributed by atoms with van der Waals surface area (Å²) in [6, 6.07) is 5.09. The lowest BCUT2D eigenvalue weighted by Gasteiger charge is -2.32. The predicted molar refractivity (Wildman–Crippen MR) is 64.2 cm³/mol. The van der Waals surface area contributed by atoms with Crippen molar-refractivity contribution < 1.29 is 18.3 Å². The minimum Gasteiger partial charge on any atom is -0.394 e. The largest absolute Gasteiger partial charge is 0.416 e. The van der Waals surface area contributed by atoms with Gasteiger partial charge in [-0.1, -0.05) is 12.1 Å². The molecule has 0 fully saturated rings. The number of halogens is 3. The summed E-state index contributed by atoms with van der Waals surface area (Å²) in [4.78, 5) is 0. The topological polar surface area (TPSA) is 32.3 Å². The molecule has 1 aromatic rings. The molecule has 1 unspecified atom stereocenters. The molecule has 0 radical (unpaired) electrons. The first-order valence-electron chi connectivity index (χ1n) is 5.75. The Labute approximate surface area is 105 Å². The highest BCUT2D eigenvalue weighted by Crippen LogP contribution is 2.32. The number of rotatable bonds is 4. The molecule has 0 aliphatic heterocycles. The van der Waals surface area contributed by atoms with Crippen molar-refractivity contribution in [1.29, 1.82) is 0 Å². The van der Waals surface area contributed by atoms with Crippen molar-refractivity contribution in [2.45, 2.75) is 38.5 Å². The standard InChI is InChI=1S/C13H18F3NO/c1-9(2)17-12(3,8-18)10-5-4-6-11(7-10)13(14,15)16/h4-7,9,17-18H,8H2,1-3H3. The van der Waals surface area contributed by atoms with Crippen LogP contribution in [-0.2, 0) is 11.7 Å². The molecule has 0 bridgehead atoms. The molecule has 2 N–H and O–H groups in total. The van der Waals surface area contributed by atoms with Crippen molar-refractivity contribution in [2.24, 2.45) is 0 Å². The van der Waals surface area contributed by atoms with E-state index in [1.54, 1.807) is 13.0 Å². The minimum absolute atomic E-state index is 0.0525. The van der Waals surface area contributed by atoms with Crippen molar-refractivity contribution in [2.75, 3.05) is 6.61 Å². The molecule has 1 aromatic carbocycles. The number of hydrogen-bond donors (Lipinski definition) is 2. The van der Waals surface area contributed by atoms with E-state index in [0.29, 0.717) is 5.56 Å². The molecule has 5 heteroatoms. The van der Waals surface area contributed by atoms with Gasteiger partial charge < -0.3 is 10.4 Å². The van der Waals surface area contributed by atoms with Gasteiger partial charge in [0.2, 0.25) is 0 Å². The van der Waals surface area contributed by atoms with E-state index in [1.165, 1.54) is 6.07 Å². The van der Waals surface area contributed by atoms with E-state index in [0.717, 1.165) is 12.1 Å². The molecule has 1 rings (SSSR count). The Morgan fingerprint density at radius 2 is 1.78 bits per heavy atom. The van der Waals surface area contributed by atoms with Crippen LogP contribution in [0.25, 0.3) is 0 Å².